The second-order valence-corrected chi connectivity index (χ2v) is 11.6. The molecule has 2 aromatic carbocycles. The number of amides is 1. The van der Waals surface area contributed by atoms with Gasteiger partial charge >= 0.3 is 0 Å². The Morgan fingerprint density at radius 3 is 2.34 bits per heavy atom. The number of rotatable bonds is 8. The Bertz CT molecular complexity index is 1090. The first kappa shape index (κ1) is 25.5. The molecule has 0 spiro atoms. The van der Waals surface area contributed by atoms with Gasteiger partial charge in [-0.1, -0.05) is 49.6 Å². The number of methoxy groups -OCH3 is 1. The average Bonchev–Trinajstić information content (AvgIpc) is 2.92. The van der Waals surface area contributed by atoms with Crippen molar-refractivity contribution in [2.45, 2.75) is 43.4 Å². The van der Waals surface area contributed by atoms with Crippen LogP contribution < -0.4 is 9.64 Å². The van der Waals surface area contributed by atoms with Gasteiger partial charge < -0.3 is 14.5 Å². The molecule has 8 heteroatoms. The number of carbonyl (C=O) groups excluding carboxylic acids is 1. The van der Waals surface area contributed by atoms with Crippen molar-refractivity contribution in [1.82, 2.24) is 9.21 Å². The fraction of sp³-hybridized carbons (Fsp3) is 0.519. The monoisotopic (exact) mass is 499 g/mol. The van der Waals surface area contributed by atoms with E-state index in [0.29, 0.717) is 44.9 Å². The van der Waals surface area contributed by atoms with E-state index in [0.717, 1.165) is 36.9 Å². The van der Waals surface area contributed by atoms with Gasteiger partial charge in [-0.05, 0) is 43.0 Å². The topological polar surface area (TPSA) is 70.2 Å². The van der Waals surface area contributed by atoms with Crippen molar-refractivity contribution in [3.05, 3.63) is 54.1 Å². The van der Waals surface area contributed by atoms with Gasteiger partial charge in [0, 0.05) is 45.7 Å². The molecule has 1 aliphatic heterocycles. The molecule has 0 atom stereocenters. The van der Waals surface area contributed by atoms with Crippen LogP contribution >= 0.6 is 0 Å². The second-order valence-electron chi connectivity index (χ2n) is 9.54. The number of anilines is 1. The third kappa shape index (κ3) is 5.98. The molecule has 0 N–H and O–H groups in total. The molecule has 1 heterocycles. The number of ether oxygens (including phenoxy) is 1. The molecular formula is C27H37N3O4S. The summed E-state index contributed by atoms with van der Waals surface area (Å²) in [4.78, 5) is 17.3. The van der Waals surface area contributed by atoms with E-state index in [1.165, 1.54) is 10.7 Å². The van der Waals surface area contributed by atoms with Crippen LogP contribution in [0.2, 0.25) is 0 Å². The quantitative estimate of drug-likeness (QED) is 0.553. The van der Waals surface area contributed by atoms with Crippen LogP contribution in [0.4, 0.5) is 5.69 Å². The van der Waals surface area contributed by atoms with Crippen LogP contribution in [0.15, 0.2) is 53.4 Å². The number of benzene rings is 2. The summed E-state index contributed by atoms with van der Waals surface area (Å²) in [5.74, 6) is 1.10. The van der Waals surface area contributed by atoms with Crippen molar-refractivity contribution in [3.63, 3.8) is 0 Å². The lowest BCUT2D eigenvalue weighted by Crippen LogP contribution is -2.50. The highest BCUT2D eigenvalue weighted by atomic mass is 32.2. The first-order valence-corrected chi connectivity index (χ1v) is 14.1. The summed E-state index contributed by atoms with van der Waals surface area (Å²) in [6.45, 7) is 3.00. The molecule has 0 aromatic heterocycles. The van der Waals surface area contributed by atoms with E-state index in [-0.39, 0.29) is 16.7 Å². The molecule has 4 rings (SSSR count). The number of likely N-dealkylation sites (N-methyl/N-ethyl adjacent to an activating group) is 1. The molecule has 190 valence electrons. The Morgan fingerprint density at radius 2 is 1.69 bits per heavy atom. The van der Waals surface area contributed by atoms with E-state index in [1.807, 2.05) is 35.2 Å². The molecule has 2 aliphatic rings. The highest BCUT2D eigenvalue weighted by Crippen LogP contribution is 2.33. The summed E-state index contributed by atoms with van der Waals surface area (Å²) in [5.41, 5.74) is 1.86. The predicted molar refractivity (Wildman–Crippen MR) is 138 cm³/mol. The summed E-state index contributed by atoms with van der Waals surface area (Å²) in [6.07, 6.45) is 6.19. The summed E-state index contributed by atoms with van der Waals surface area (Å²) in [7, 11) is -0.426. The standard InChI is InChI=1S/C27H37N3O4S/c1-28(16-15-22-9-5-3-6-10-22)35(32,33)24-13-14-26(34-2)25(21-24)29-17-19-30(20-18-29)27(31)23-11-7-4-8-12-23/h3,5-6,9-10,13-14,21,23H,4,7-8,11-12,15-20H2,1-2H3. The molecule has 1 saturated carbocycles. The average molecular weight is 500 g/mol. The van der Waals surface area contributed by atoms with Crippen molar-refractivity contribution < 1.29 is 17.9 Å². The summed E-state index contributed by atoms with van der Waals surface area (Å²) < 4.78 is 33.6. The minimum Gasteiger partial charge on any atom is -0.495 e. The van der Waals surface area contributed by atoms with Crippen LogP contribution in [0.25, 0.3) is 0 Å². The third-order valence-corrected chi connectivity index (χ3v) is 9.16. The van der Waals surface area contributed by atoms with E-state index in [1.54, 1.807) is 32.4 Å². The van der Waals surface area contributed by atoms with Gasteiger partial charge in [0.2, 0.25) is 15.9 Å². The van der Waals surface area contributed by atoms with Gasteiger partial charge in [-0.2, -0.15) is 0 Å². The van der Waals surface area contributed by atoms with Gasteiger partial charge in [0.1, 0.15) is 5.75 Å². The number of nitrogens with zero attached hydrogens (tertiary/aromatic N) is 3. The van der Waals surface area contributed by atoms with Crippen molar-refractivity contribution in [1.29, 1.82) is 0 Å². The maximum atomic E-state index is 13.3. The molecule has 35 heavy (non-hydrogen) atoms. The van der Waals surface area contributed by atoms with E-state index in [2.05, 4.69) is 4.90 Å². The largest absolute Gasteiger partial charge is 0.495 e. The molecule has 2 aromatic rings. The summed E-state index contributed by atoms with van der Waals surface area (Å²) in [5, 5.41) is 0. The predicted octanol–water partition coefficient (Wildman–Crippen LogP) is 3.79. The van der Waals surface area contributed by atoms with Crippen molar-refractivity contribution >= 4 is 21.6 Å². The third-order valence-electron chi connectivity index (χ3n) is 7.30. The molecule has 2 fully saturated rings. The van der Waals surface area contributed by atoms with Crippen molar-refractivity contribution in [2.75, 3.05) is 51.8 Å². The first-order valence-electron chi connectivity index (χ1n) is 12.6. The maximum absolute atomic E-state index is 13.3. The van der Waals surface area contributed by atoms with Crippen LogP contribution in [-0.2, 0) is 21.2 Å². The lowest BCUT2D eigenvalue weighted by molar-refractivity contribution is -0.136. The zero-order chi connectivity index (χ0) is 24.8. The van der Waals surface area contributed by atoms with Gasteiger partial charge in [0.15, 0.2) is 0 Å². The molecule has 7 nitrogen and oxygen atoms in total. The van der Waals surface area contributed by atoms with Crippen LogP contribution in [0.1, 0.15) is 37.7 Å². The summed E-state index contributed by atoms with van der Waals surface area (Å²) in [6, 6.07) is 14.9. The van der Waals surface area contributed by atoms with Gasteiger partial charge in [0.25, 0.3) is 0 Å². The van der Waals surface area contributed by atoms with E-state index in [9.17, 15) is 13.2 Å². The SMILES string of the molecule is COc1ccc(S(=O)(=O)N(C)CCc2ccccc2)cc1N1CCN(C(=O)C2CCCCC2)CC1. The van der Waals surface area contributed by atoms with Crippen LogP contribution in [0.5, 0.6) is 5.75 Å². The maximum Gasteiger partial charge on any atom is 0.242 e. The lowest BCUT2D eigenvalue weighted by atomic mass is 9.88. The van der Waals surface area contributed by atoms with E-state index >= 15 is 0 Å². The Kier molecular flexibility index (Phi) is 8.34. The number of carbonyl (C=O) groups is 1. The van der Waals surface area contributed by atoms with E-state index < -0.39 is 10.0 Å². The molecule has 0 bridgehead atoms. The van der Waals surface area contributed by atoms with Gasteiger partial charge in [0.05, 0.1) is 17.7 Å². The highest BCUT2D eigenvalue weighted by molar-refractivity contribution is 7.89. The fourth-order valence-electron chi connectivity index (χ4n) is 5.08. The highest BCUT2D eigenvalue weighted by Gasteiger charge is 2.30. The smallest absolute Gasteiger partial charge is 0.242 e. The van der Waals surface area contributed by atoms with E-state index in [4.69, 9.17) is 4.74 Å². The molecule has 1 aliphatic carbocycles. The normalized spacial score (nSPS) is 17.6. The van der Waals surface area contributed by atoms with Gasteiger partial charge in [-0.15, -0.1) is 0 Å². The molecular weight excluding hydrogens is 462 g/mol. The Hall–Kier alpha value is -2.58. The van der Waals surface area contributed by atoms with Crippen LogP contribution in [0.3, 0.4) is 0 Å². The minimum absolute atomic E-state index is 0.171. The Labute approximate surface area is 209 Å². The second kappa shape index (κ2) is 11.4. The van der Waals surface area contributed by atoms with Crippen molar-refractivity contribution in [3.8, 4) is 5.75 Å². The number of hydrogen-bond acceptors (Lipinski definition) is 5. The molecule has 0 radical (unpaired) electrons. The van der Waals surface area contributed by atoms with Crippen LogP contribution in [-0.4, -0.2) is 70.4 Å². The molecule has 1 saturated heterocycles. The number of sulfonamides is 1. The zero-order valence-corrected chi connectivity index (χ0v) is 21.7. The molecule has 0 unspecified atom stereocenters. The first-order chi connectivity index (χ1) is 16.9. The Balaban J connectivity index is 1.44. The molecule has 1 amide bonds. The fourth-order valence-corrected chi connectivity index (χ4v) is 6.28. The van der Waals surface area contributed by atoms with Crippen LogP contribution in [0, 0.1) is 5.92 Å². The van der Waals surface area contributed by atoms with Gasteiger partial charge in [-0.25, -0.2) is 12.7 Å². The number of piperazine rings is 1. The number of hydrogen-bond donors (Lipinski definition) is 0. The Morgan fingerprint density at radius 1 is 1.00 bits per heavy atom. The zero-order valence-electron chi connectivity index (χ0n) is 20.9. The lowest BCUT2D eigenvalue weighted by Gasteiger charge is -2.38. The minimum atomic E-state index is -3.65. The van der Waals surface area contributed by atoms with Gasteiger partial charge in [-0.3, -0.25) is 4.79 Å². The van der Waals surface area contributed by atoms with Crippen molar-refractivity contribution in [2.24, 2.45) is 5.92 Å². The summed E-state index contributed by atoms with van der Waals surface area (Å²) >= 11 is 0.